The molecule has 0 saturated carbocycles. The Morgan fingerprint density at radius 2 is 1.81 bits per heavy atom. The number of pyridine rings is 1. The molecule has 1 heterocycles. The van der Waals surface area contributed by atoms with Gasteiger partial charge in [-0.2, -0.15) is 0 Å². The first-order chi connectivity index (χ1) is 12.6. The van der Waals surface area contributed by atoms with Gasteiger partial charge < -0.3 is 16.0 Å². The second-order valence-corrected chi connectivity index (χ2v) is 6.21. The van der Waals surface area contributed by atoms with Gasteiger partial charge in [-0.05, 0) is 60.6 Å². The minimum absolute atomic E-state index is 0.250. The van der Waals surface area contributed by atoms with Gasteiger partial charge in [0.25, 0.3) is 0 Å². The highest BCUT2D eigenvalue weighted by atomic mass is 32.1. The van der Waals surface area contributed by atoms with Crippen LogP contribution >= 0.6 is 12.2 Å². The summed E-state index contributed by atoms with van der Waals surface area (Å²) in [6, 6.07) is 18.1. The van der Waals surface area contributed by atoms with Gasteiger partial charge in [0, 0.05) is 12.2 Å². The zero-order valence-corrected chi connectivity index (χ0v) is 15.1. The molecule has 3 rings (SSSR count). The Hall–Kier alpha value is -2.99. The third kappa shape index (κ3) is 5.00. The number of halogens is 1. The first-order valence-electron chi connectivity index (χ1n) is 8.18. The summed E-state index contributed by atoms with van der Waals surface area (Å²) in [5.41, 5.74) is 3.92. The van der Waals surface area contributed by atoms with Crippen molar-refractivity contribution in [1.82, 2.24) is 10.3 Å². The molecule has 0 atom stereocenters. The monoisotopic (exact) mass is 366 g/mol. The highest BCUT2D eigenvalue weighted by molar-refractivity contribution is 7.80. The first kappa shape index (κ1) is 17.8. The summed E-state index contributed by atoms with van der Waals surface area (Å²) < 4.78 is 12.9. The Balaban J connectivity index is 1.52. The lowest BCUT2D eigenvalue weighted by Gasteiger charge is -2.12. The van der Waals surface area contributed by atoms with Gasteiger partial charge in [-0.15, -0.1) is 0 Å². The van der Waals surface area contributed by atoms with E-state index in [0.717, 1.165) is 28.3 Å². The summed E-state index contributed by atoms with van der Waals surface area (Å²) in [5, 5.41) is 9.93. The van der Waals surface area contributed by atoms with E-state index in [1.54, 1.807) is 18.3 Å². The van der Waals surface area contributed by atoms with E-state index in [1.165, 1.54) is 12.1 Å². The highest BCUT2D eigenvalue weighted by Gasteiger charge is 2.02. The number of aromatic nitrogens is 1. The van der Waals surface area contributed by atoms with Crippen molar-refractivity contribution in [3.63, 3.8) is 0 Å². The van der Waals surface area contributed by atoms with Gasteiger partial charge in [-0.25, -0.2) is 9.37 Å². The van der Waals surface area contributed by atoms with Crippen LogP contribution in [0.3, 0.4) is 0 Å². The van der Waals surface area contributed by atoms with Crippen LogP contribution in [0.2, 0.25) is 0 Å². The molecule has 0 aliphatic rings. The maximum Gasteiger partial charge on any atom is 0.171 e. The topological polar surface area (TPSA) is 49.0 Å². The van der Waals surface area contributed by atoms with E-state index in [9.17, 15) is 4.39 Å². The van der Waals surface area contributed by atoms with Crippen molar-refractivity contribution in [2.24, 2.45) is 0 Å². The number of para-hydroxylation sites is 1. The van der Waals surface area contributed by atoms with Crippen molar-refractivity contribution >= 4 is 34.5 Å². The summed E-state index contributed by atoms with van der Waals surface area (Å²) >= 11 is 5.28. The van der Waals surface area contributed by atoms with Gasteiger partial charge in [0.05, 0.1) is 11.9 Å². The van der Waals surface area contributed by atoms with Crippen LogP contribution in [0.4, 0.5) is 21.6 Å². The fraction of sp³-hybridized carbons (Fsp3) is 0.100. The quantitative estimate of drug-likeness (QED) is 0.569. The molecule has 0 saturated heterocycles. The normalized spacial score (nSPS) is 10.2. The Morgan fingerprint density at radius 1 is 1.04 bits per heavy atom. The predicted octanol–water partition coefficient (Wildman–Crippen LogP) is 4.76. The van der Waals surface area contributed by atoms with E-state index in [1.807, 2.05) is 43.3 Å². The van der Waals surface area contributed by atoms with E-state index in [2.05, 4.69) is 20.9 Å². The summed E-state index contributed by atoms with van der Waals surface area (Å²) in [6.07, 6.45) is 1.71. The average molecular weight is 366 g/mol. The molecule has 0 aliphatic carbocycles. The number of hydrogen-bond donors (Lipinski definition) is 3. The zero-order chi connectivity index (χ0) is 18.4. The van der Waals surface area contributed by atoms with Gasteiger partial charge in [-0.1, -0.05) is 30.3 Å². The minimum Gasteiger partial charge on any atom is -0.358 e. The lowest BCUT2D eigenvalue weighted by Crippen LogP contribution is -2.27. The van der Waals surface area contributed by atoms with Gasteiger partial charge in [0.15, 0.2) is 5.11 Å². The van der Waals surface area contributed by atoms with Crippen LogP contribution in [-0.4, -0.2) is 10.1 Å². The van der Waals surface area contributed by atoms with Gasteiger partial charge in [0.2, 0.25) is 0 Å². The maximum atomic E-state index is 12.9. The van der Waals surface area contributed by atoms with E-state index >= 15 is 0 Å². The molecule has 0 radical (unpaired) electrons. The second-order valence-electron chi connectivity index (χ2n) is 5.81. The number of rotatable bonds is 5. The minimum atomic E-state index is -0.250. The molecule has 0 amide bonds. The van der Waals surface area contributed by atoms with E-state index < -0.39 is 0 Å². The molecule has 2 aromatic carbocycles. The molecule has 4 nitrogen and oxygen atoms in total. The SMILES string of the molecule is Cc1ccccc1Nc1ccc(NC(=S)NCc2ccc(F)cc2)cn1. The van der Waals surface area contributed by atoms with Crippen LogP contribution in [0.25, 0.3) is 0 Å². The predicted molar refractivity (Wildman–Crippen MR) is 108 cm³/mol. The second kappa shape index (κ2) is 8.40. The van der Waals surface area contributed by atoms with Crippen molar-refractivity contribution in [2.45, 2.75) is 13.5 Å². The average Bonchev–Trinajstić information content (AvgIpc) is 2.65. The fourth-order valence-electron chi connectivity index (χ4n) is 2.35. The summed E-state index contributed by atoms with van der Waals surface area (Å²) in [5.74, 6) is 0.509. The van der Waals surface area contributed by atoms with Crippen molar-refractivity contribution < 1.29 is 4.39 Å². The number of aryl methyl sites for hydroxylation is 1. The molecular weight excluding hydrogens is 347 g/mol. The lowest BCUT2D eigenvalue weighted by atomic mass is 10.2. The van der Waals surface area contributed by atoms with E-state index in [0.29, 0.717) is 11.7 Å². The van der Waals surface area contributed by atoms with E-state index in [4.69, 9.17) is 12.2 Å². The summed E-state index contributed by atoms with van der Waals surface area (Å²) in [4.78, 5) is 4.39. The molecule has 3 N–H and O–H groups in total. The van der Waals surface area contributed by atoms with Crippen molar-refractivity contribution in [1.29, 1.82) is 0 Å². The summed E-state index contributed by atoms with van der Waals surface area (Å²) in [7, 11) is 0. The molecule has 132 valence electrons. The molecule has 1 aromatic heterocycles. The van der Waals surface area contributed by atoms with E-state index in [-0.39, 0.29) is 5.82 Å². The standard InChI is InChI=1S/C20H19FN4S/c1-14-4-2-3-5-18(14)25-19-11-10-17(13-22-19)24-20(26)23-12-15-6-8-16(21)9-7-15/h2-11,13H,12H2,1H3,(H,22,25)(H2,23,24,26). The maximum absolute atomic E-state index is 12.9. The third-order valence-electron chi connectivity index (χ3n) is 3.80. The van der Waals surface area contributed by atoms with Crippen LogP contribution in [0.15, 0.2) is 66.9 Å². The Bertz CT molecular complexity index is 879. The molecule has 6 heteroatoms. The number of anilines is 3. The van der Waals surface area contributed by atoms with Gasteiger partial charge in [0.1, 0.15) is 11.6 Å². The molecule has 0 aliphatic heterocycles. The number of nitrogens with one attached hydrogen (secondary N) is 3. The zero-order valence-electron chi connectivity index (χ0n) is 14.3. The van der Waals surface area contributed by atoms with Crippen LogP contribution < -0.4 is 16.0 Å². The third-order valence-corrected chi connectivity index (χ3v) is 4.04. The first-order valence-corrected chi connectivity index (χ1v) is 8.59. The number of nitrogens with zero attached hydrogens (tertiary/aromatic N) is 1. The molecule has 0 spiro atoms. The van der Waals surface area contributed by atoms with Crippen molar-refractivity contribution in [3.8, 4) is 0 Å². The van der Waals surface area contributed by atoms with Crippen molar-refractivity contribution in [3.05, 3.63) is 83.8 Å². The largest absolute Gasteiger partial charge is 0.358 e. The van der Waals surface area contributed by atoms with Crippen LogP contribution in [0.5, 0.6) is 0 Å². The van der Waals surface area contributed by atoms with Crippen LogP contribution in [0, 0.1) is 12.7 Å². The summed E-state index contributed by atoms with van der Waals surface area (Å²) in [6.45, 7) is 2.57. The molecule has 0 unspecified atom stereocenters. The molecular formula is C20H19FN4S. The lowest BCUT2D eigenvalue weighted by molar-refractivity contribution is 0.627. The molecule has 26 heavy (non-hydrogen) atoms. The van der Waals surface area contributed by atoms with Gasteiger partial charge in [-0.3, -0.25) is 0 Å². The molecule has 3 aromatic rings. The van der Waals surface area contributed by atoms with Gasteiger partial charge >= 0.3 is 0 Å². The van der Waals surface area contributed by atoms with Crippen LogP contribution in [0.1, 0.15) is 11.1 Å². The Morgan fingerprint density at radius 3 is 2.50 bits per heavy atom. The number of thiocarbonyl (C=S) groups is 1. The Labute approximate surface area is 157 Å². The number of benzene rings is 2. The molecule has 0 fully saturated rings. The Kier molecular flexibility index (Phi) is 5.76. The molecule has 0 bridgehead atoms. The fourth-order valence-corrected chi connectivity index (χ4v) is 2.54. The van der Waals surface area contributed by atoms with Crippen LogP contribution in [-0.2, 0) is 6.54 Å². The smallest absolute Gasteiger partial charge is 0.171 e. The number of hydrogen-bond acceptors (Lipinski definition) is 3. The van der Waals surface area contributed by atoms with Crippen molar-refractivity contribution in [2.75, 3.05) is 10.6 Å². The highest BCUT2D eigenvalue weighted by Crippen LogP contribution is 2.19.